The predicted molar refractivity (Wildman–Crippen MR) is 71.5 cm³/mol. The zero-order valence-electron chi connectivity index (χ0n) is 11.0. The van der Waals surface area contributed by atoms with Crippen LogP contribution in [-0.4, -0.2) is 36.0 Å². The number of nitrogens with zero attached hydrogens (tertiary/aromatic N) is 1. The Bertz CT molecular complexity index is 481. The van der Waals surface area contributed by atoms with Gasteiger partial charge in [-0.15, -0.1) is 0 Å². The number of nitrogens with two attached hydrogens (primary N) is 1. The van der Waals surface area contributed by atoms with Gasteiger partial charge in [0.1, 0.15) is 0 Å². The number of amides is 1. The van der Waals surface area contributed by atoms with Gasteiger partial charge in [0.25, 0.3) is 5.91 Å². The molecule has 5 heteroatoms. The highest BCUT2D eigenvalue weighted by molar-refractivity contribution is 5.93. The Morgan fingerprint density at radius 3 is 2.63 bits per heavy atom. The van der Waals surface area contributed by atoms with E-state index in [4.69, 9.17) is 10.5 Å². The summed E-state index contributed by atoms with van der Waals surface area (Å²) in [6.07, 6.45) is 1.27. The molecule has 0 aromatic heterocycles. The average molecular weight is 262 g/mol. The van der Waals surface area contributed by atoms with E-state index in [1.54, 1.807) is 30.0 Å². The van der Waals surface area contributed by atoms with Crippen molar-refractivity contribution in [2.45, 2.75) is 25.9 Å². The van der Waals surface area contributed by atoms with Gasteiger partial charge in [0.15, 0.2) is 6.10 Å². The van der Waals surface area contributed by atoms with Crippen molar-refractivity contribution in [2.24, 2.45) is 0 Å². The lowest BCUT2D eigenvalue weighted by Gasteiger charge is -2.20. The molecule has 1 aromatic rings. The number of anilines is 1. The standard InChI is InChI=1S/C14H18N2O3/c1-10(13(17)16-7-2-3-8-16)19-14(18)11-5-4-6-12(15)9-11/h4-6,9-10H,2-3,7-8,15H2,1H3. The molecule has 102 valence electrons. The summed E-state index contributed by atoms with van der Waals surface area (Å²) in [4.78, 5) is 25.6. The maximum atomic E-state index is 12.0. The Kier molecular flexibility index (Phi) is 4.04. The first-order valence-corrected chi connectivity index (χ1v) is 6.43. The molecule has 0 bridgehead atoms. The maximum absolute atomic E-state index is 12.0. The fraction of sp³-hybridized carbons (Fsp3) is 0.429. The van der Waals surface area contributed by atoms with Gasteiger partial charge in [-0.05, 0) is 38.0 Å². The van der Waals surface area contributed by atoms with Crippen LogP contribution in [0.2, 0.25) is 0 Å². The summed E-state index contributed by atoms with van der Waals surface area (Å²) < 4.78 is 5.18. The lowest BCUT2D eigenvalue weighted by Crippen LogP contribution is -2.38. The van der Waals surface area contributed by atoms with Crippen LogP contribution in [0.5, 0.6) is 0 Å². The number of rotatable bonds is 3. The van der Waals surface area contributed by atoms with Crippen LogP contribution in [0.4, 0.5) is 5.69 Å². The lowest BCUT2D eigenvalue weighted by molar-refractivity contribution is -0.138. The number of hydrogen-bond donors (Lipinski definition) is 1. The second-order valence-corrected chi connectivity index (χ2v) is 4.71. The molecule has 2 N–H and O–H groups in total. The second kappa shape index (κ2) is 5.73. The quantitative estimate of drug-likeness (QED) is 0.660. The van der Waals surface area contributed by atoms with E-state index >= 15 is 0 Å². The Labute approximate surface area is 112 Å². The molecule has 2 rings (SSSR count). The van der Waals surface area contributed by atoms with E-state index in [-0.39, 0.29) is 5.91 Å². The van der Waals surface area contributed by atoms with Crippen molar-refractivity contribution in [3.63, 3.8) is 0 Å². The van der Waals surface area contributed by atoms with Crippen molar-refractivity contribution in [1.29, 1.82) is 0 Å². The zero-order chi connectivity index (χ0) is 13.8. The van der Waals surface area contributed by atoms with Crippen LogP contribution in [0.15, 0.2) is 24.3 Å². The van der Waals surface area contributed by atoms with Crippen LogP contribution >= 0.6 is 0 Å². The van der Waals surface area contributed by atoms with Crippen molar-refractivity contribution >= 4 is 17.6 Å². The third kappa shape index (κ3) is 3.24. The molecule has 1 amide bonds. The highest BCUT2D eigenvalue weighted by Crippen LogP contribution is 2.13. The molecule has 1 fully saturated rings. The number of ether oxygens (including phenoxy) is 1. The van der Waals surface area contributed by atoms with Crippen molar-refractivity contribution in [1.82, 2.24) is 4.90 Å². The highest BCUT2D eigenvalue weighted by Gasteiger charge is 2.26. The van der Waals surface area contributed by atoms with Gasteiger partial charge in [-0.2, -0.15) is 0 Å². The fourth-order valence-electron chi connectivity index (χ4n) is 2.14. The van der Waals surface area contributed by atoms with E-state index in [1.807, 2.05) is 0 Å². The second-order valence-electron chi connectivity index (χ2n) is 4.71. The molecule has 19 heavy (non-hydrogen) atoms. The van der Waals surface area contributed by atoms with Gasteiger partial charge >= 0.3 is 5.97 Å². The average Bonchev–Trinajstić information content (AvgIpc) is 2.91. The first kappa shape index (κ1) is 13.4. The van der Waals surface area contributed by atoms with E-state index in [0.29, 0.717) is 11.3 Å². The summed E-state index contributed by atoms with van der Waals surface area (Å²) in [7, 11) is 0. The van der Waals surface area contributed by atoms with Gasteiger partial charge in [-0.3, -0.25) is 4.79 Å². The number of benzene rings is 1. The number of hydrogen-bond acceptors (Lipinski definition) is 4. The van der Waals surface area contributed by atoms with E-state index in [2.05, 4.69) is 0 Å². The normalized spacial score (nSPS) is 16.2. The van der Waals surface area contributed by atoms with Crippen LogP contribution in [0.1, 0.15) is 30.1 Å². The third-order valence-electron chi connectivity index (χ3n) is 3.17. The van der Waals surface area contributed by atoms with Crippen molar-refractivity contribution in [3.05, 3.63) is 29.8 Å². The van der Waals surface area contributed by atoms with E-state index in [9.17, 15) is 9.59 Å². The van der Waals surface area contributed by atoms with Crippen molar-refractivity contribution in [2.75, 3.05) is 18.8 Å². The first-order chi connectivity index (χ1) is 9.08. The van der Waals surface area contributed by atoms with Gasteiger partial charge in [0.2, 0.25) is 0 Å². The van der Waals surface area contributed by atoms with Crippen LogP contribution in [0, 0.1) is 0 Å². The maximum Gasteiger partial charge on any atom is 0.338 e. The molecule has 1 aliphatic rings. The molecule has 0 saturated carbocycles. The van der Waals surface area contributed by atoms with Crippen LogP contribution in [0.3, 0.4) is 0 Å². The first-order valence-electron chi connectivity index (χ1n) is 6.43. The van der Waals surface area contributed by atoms with E-state index < -0.39 is 12.1 Å². The Morgan fingerprint density at radius 2 is 2.00 bits per heavy atom. The molecule has 0 spiro atoms. The van der Waals surface area contributed by atoms with Gasteiger partial charge in [0, 0.05) is 18.8 Å². The Balaban J connectivity index is 1.96. The van der Waals surface area contributed by atoms with Crippen molar-refractivity contribution in [3.8, 4) is 0 Å². The molecule has 0 aliphatic carbocycles. The van der Waals surface area contributed by atoms with Crippen LogP contribution in [-0.2, 0) is 9.53 Å². The van der Waals surface area contributed by atoms with Crippen molar-refractivity contribution < 1.29 is 14.3 Å². The molecule has 0 radical (unpaired) electrons. The summed E-state index contributed by atoms with van der Waals surface area (Å²) in [6.45, 7) is 3.10. The SMILES string of the molecule is CC(OC(=O)c1cccc(N)c1)C(=O)N1CCCC1. The number of carbonyl (C=O) groups is 2. The topological polar surface area (TPSA) is 72.6 Å². The number of esters is 1. The molecule has 1 atom stereocenters. The molecule has 1 aromatic carbocycles. The molecular weight excluding hydrogens is 244 g/mol. The smallest absolute Gasteiger partial charge is 0.338 e. The minimum Gasteiger partial charge on any atom is -0.449 e. The molecule has 1 unspecified atom stereocenters. The summed E-state index contributed by atoms with van der Waals surface area (Å²) in [6, 6.07) is 6.52. The summed E-state index contributed by atoms with van der Waals surface area (Å²) in [5, 5.41) is 0. The monoisotopic (exact) mass is 262 g/mol. The largest absolute Gasteiger partial charge is 0.449 e. The molecule has 1 aliphatic heterocycles. The highest BCUT2D eigenvalue weighted by atomic mass is 16.5. The van der Waals surface area contributed by atoms with E-state index in [0.717, 1.165) is 25.9 Å². The minimum atomic E-state index is -0.757. The predicted octanol–water partition coefficient (Wildman–Crippen LogP) is 1.44. The van der Waals surface area contributed by atoms with Gasteiger partial charge in [-0.1, -0.05) is 6.07 Å². The van der Waals surface area contributed by atoms with Gasteiger partial charge < -0.3 is 15.4 Å². The third-order valence-corrected chi connectivity index (χ3v) is 3.17. The Hall–Kier alpha value is -2.04. The number of nitrogen functional groups attached to an aromatic ring is 1. The van der Waals surface area contributed by atoms with Crippen LogP contribution in [0.25, 0.3) is 0 Å². The summed E-state index contributed by atoms with van der Waals surface area (Å²) in [5.74, 6) is -0.651. The molecular formula is C14H18N2O3. The Morgan fingerprint density at radius 1 is 1.32 bits per heavy atom. The molecule has 1 heterocycles. The molecule has 1 saturated heterocycles. The summed E-state index contributed by atoms with van der Waals surface area (Å²) in [5.41, 5.74) is 6.46. The minimum absolute atomic E-state index is 0.130. The number of carbonyl (C=O) groups excluding carboxylic acids is 2. The zero-order valence-corrected chi connectivity index (χ0v) is 11.0. The molecule has 5 nitrogen and oxygen atoms in total. The summed E-state index contributed by atoms with van der Waals surface area (Å²) >= 11 is 0. The van der Waals surface area contributed by atoms with Gasteiger partial charge in [0.05, 0.1) is 5.56 Å². The van der Waals surface area contributed by atoms with Gasteiger partial charge in [-0.25, -0.2) is 4.79 Å². The number of likely N-dealkylation sites (tertiary alicyclic amines) is 1. The van der Waals surface area contributed by atoms with Crippen LogP contribution < -0.4 is 5.73 Å². The van der Waals surface area contributed by atoms with E-state index in [1.165, 1.54) is 6.07 Å². The fourth-order valence-corrected chi connectivity index (χ4v) is 2.14. The lowest BCUT2D eigenvalue weighted by atomic mass is 10.2.